The van der Waals surface area contributed by atoms with Crippen LogP contribution in [0.4, 0.5) is 0 Å². The van der Waals surface area contributed by atoms with E-state index in [1.165, 1.54) is 0 Å². The van der Waals surface area contributed by atoms with E-state index in [2.05, 4.69) is 12.2 Å². The summed E-state index contributed by atoms with van der Waals surface area (Å²) >= 11 is 5.98. The summed E-state index contributed by atoms with van der Waals surface area (Å²) < 4.78 is 0. The zero-order valence-electron chi connectivity index (χ0n) is 9.63. The molecule has 0 saturated heterocycles. The van der Waals surface area contributed by atoms with Crippen molar-refractivity contribution in [3.05, 3.63) is 34.9 Å². The quantitative estimate of drug-likeness (QED) is 0.756. The molecule has 1 amide bonds. The van der Waals surface area contributed by atoms with Crippen LogP contribution in [0.25, 0.3) is 0 Å². The molecule has 88 valence electrons. The van der Waals surface area contributed by atoms with E-state index >= 15 is 0 Å². The summed E-state index contributed by atoms with van der Waals surface area (Å²) in [5, 5.41) is 3.58. The number of unbranched alkanes of at least 4 members (excludes halogenated alkanes) is 2. The van der Waals surface area contributed by atoms with Gasteiger partial charge in [0.2, 0.25) is 5.91 Å². The second-order valence-corrected chi connectivity index (χ2v) is 4.23. The lowest BCUT2D eigenvalue weighted by Crippen LogP contribution is -2.22. The van der Waals surface area contributed by atoms with Crippen molar-refractivity contribution in [2.75, 3.05) is 0 Å². The molecule has 2 nitrogen and oxygen atoms in total. The maximum atomic E-state index is 11.4. The van der Waals surface area contributed by atoms with Crippen molar-refractivity contribution in [3.63, 3.8) is 0 Å². The molecule has 1 N–H and O–H groups in total. The standard InChI is InChI=1S/C13H18ClNO/c1-2-3-4-9-13(16)15-10-11-7-5-6-8-12(11)14/h5-8H,2-4,9-10H2,1H3,(H,15,16). The molecule has 0 aliphatic heterocycles. The molecule has 0 bridgehead atoms. The number of hydrogen-bond donors (Lipinski definition) is 1. The Kier molecular flexibility index (Phi) is 5.94. The first-order chi connectivity index (χ1) is 7.74. The number of rotatable bonds is 6. The van der Waals surface area contributed by atoms with E-state index in [1.54, 1.807) is 0 Å². The van der Waals surface area contributed by atoms with Crippen molar-refractivity contribution in [2.24, 2.45) is 0 Å². The average Bonchev–Trinajstić information content (AvgIpc) is 2.28. The predicted octanol–water partition coefficient (Wildman–Crippen LogP) is 3.54. The Morgan fingerprint density at radius 1 is 1.31 bits per heavy atom. The molecule has 0 radical (unpaired) electrons. The molecule has 0 saturated carbocycles. The minimum Gasteiger partial charge on any atom is -0.352 e. The van der Waals surface area contributed by atoms with Crippen molar-refractivity contribution in [2.45, 2.75) is 39.2 Å². The Bertz CT molecular complexity index is 338. The molecule has 1 aromatic rings. The summed E-state index contributed by atoms with van der Waals surface area (Å²) in [5.41, 5.74) is 0.966. The van der Waals surface area contributed by atoms with Gasteiger partial charge in [0.05, 0.1) is 0 Å². The molecule has 0 aliphatic carbocycles. The molecular weight excluding hydrogens is 222 g/mol. The van der Waals surface area contributed by atoms with E-state index in [-0.39, 0.29) is 5.91 Å². The Labute approximate surface area is 102 Å². The Hall–Kier alpha value is -1.02. The van der Waals surface area contributed by atoms with E-state index in [4.69, 9.17) is 11.6 Å². The van der Waals surface area contributed by atoms with E-state index in [9.17, 15) is 4.79 Å². The summed E-state index contributed by atoms with van der Waals surface area (Å²) in [6, 6.07) is 7.56. The van der Waals surface area contributed by atoms with Crippen molar-refractivity contribution in [1.82, 2.24) is 5.32 Å². The number of amides is 1. The van der Waals surface area contributed by atoms with Gasteiger partial charge >= 0.3 is 0 Å². The number of halogens is 1. The van der Waals surface area contributed by atoms with Gasteiger partial charge < -0.3 is 5.32 Å². The van der Waals surface area contributed by atoms with Crippen molar-refractivity contribution in [3.8, 4) is 0 Å². The second-order valence-electron chi connectivity index (χ2n) is 3.83. The largest absolute Gasteiger partial charge is 0.352 e. The number of benzene rings is 1. The fourth-order valence-electron chi connectivity index (χ4n) is 1.46. The van der Waals surface area contributed by atoms with Crippen LogP contribution < -0.4 is 5.32 Å². The molecule has 0 aromatic heterocycles. The third-order valence-electron chi connectivity index (χ3n) is 2.44. The minimum absolute atomic E-state index is 0.105. The van der Waals surface area contributed by atoms with E-state index in [0.29, 0.717) is 18.0 Å². The average molecular weight is 240 g/mol. The summed E-state index contributed by atoms with van der Waals surface area (Å²) in [7, 11) is 0. The lowest BCUT2D eigenvalue weighted by atomic mass is 10.2. The molecule has 1 rings (SSSR count). The van der Waals surface area contributed by atoms with Crippen LogP contribution in [0.3, 0.4) is 0 Å². The summed E-state index contributed by atoms with van der Waals surface area (Å²) in [4.78, 5) is 11.4. The zero-order valence-corrected chi connectivity index (χ0v) is 10.4. The number of hydrogen-bond acceptors (Lipinski definition) is 1. The molecular formula is C13H18ClNO. The number of nitrogens with one attached hydrogen (secondary N) is 1. The SMILES string of the molecule is CCCCCC(=O)NCc1ccccc1Cl. The van der Waals surface area contributed by atoms with Gasteiger partial charge in [0.25, 0.3) is 0 Å². The molecule has 16 heavy (non-hydrogen) atoms. The highest BCUT2D eigenvalue weighted by Gasteiger charge is 2.02. The lowest BCUT2D eigenvalue weighted by molar-refractivity contribution is -0.121. The van der Waals surface area contributed by atoms with Gasteiger partial charge in [0.1, 0.15) is 0 Å². The van der Waals surface area contributed by atoms with Crippen LogP contribution in [0.15, 0.2) is 24.3 Å². The lowest BCUT2D eigenvalue weighted by Gasteiger charge is -2.06. The highest BCUT2D eigenvalue weighted by Crippen LogP contribution is 2.14. The summed E-state index contributed by atoms with van der Waals surface area (Å²) in [6.07, 6.45) is 3.82. The minimum atomic E-state index is 0.105. The third-order valence-corrected chi connectivity index (χ3v) is 2.81. The van der Waals surface area contributed by atoms with Crippen molar-refractivity contribution in [1.29, 1.82) is 0 Å². The zero-order chi connectivity index (χ0) is 11.8. The highest BCUT2D eigenvalue weighted by molar-refractivity contribution is 6.31. The molecule has 3 heteroatoms. The fourth-order valence-corrected chi connectivity index (χ4v) is 1.66. The van der Waals surface area contributed by atoms with Crippen LogP contribution in [0.5, 0.6) is 0 Å². The maximum absolute atomic E-state index is 11.4. The third kappa shape index (κ3) is 4.67. The van der Waals surface area contributed by atoms with Gasteiger partial charge in [-0.1, -0.05) is 49.6 Å². The van der Waals surface area contributed by atoms with Crippen molar-refractivity contribution >= 4 is 17.5 Å². The normalized spacial score (nSPS) is 10.1. The summed E-state index contributed by atoms with van der Waals surface area (Å²) in [5.74, 6) is 0.105. The first-order valence-corrected chi connectivity index (χ1v) is 6.12. The molecule has 0 atom stereocenters. The van der Waals surface area contributed by atoms with Gasteiger partial charge in [-0.3, -0.25) is 4.79 Å². The van der Waals surface area contributed by atoms with Gasteiger partial charge in [-0.25, -0.2) is 0 Å². The molecule has 1 aromatic carbocycles. The predicted molar refractivity (Wildman–Crippen MR) is 67.4 cm³/mol. The van der Waals surface area contributed by atoms with Crippen LogP contribution in [0.1, 0.15) is 38.2 Å². The number of carbonyl (C=O) groups excluding carboxylic acids is 1. The molecule has 0 fully saturated rings. The van der Waals surface area contributed by atoms with Gasteiger partial charge in [-0.05, 0) is 18.1 Å². The van der Waals surface area contributed by atoms with Crippen LogP contribution in [0.2, 0.25) is 5.02 Å². The highest BCUT2D eigenvalue weighted by atomic mass is 35.5. The molecule has 0 aliphatic rings. The second kappa shape index (κ2) is 7.29. The molecule has 0 spiro atoms. The van der Waals surface area contributed by atoms with Gasteiger partial charge in [0, 0.05) is 18.0 Å². The van der Waals surface area contributed by atoms with Crippen LogP contribution in [0, 0.1) is 0 Å². The first kappa shape index (κ1) is 13.0. The monoisotopic (exact) mass is 239 g/mol. The first-order valence-electron chi connectivity index (χ1n) is 5.74. The Morgan fingerprint density at radius 2 is 2.06 bits per heavy atom. The smallest absolute Gasteiger partial charge is 0.220 e. The van der Waals surface area contributed by atoms with Gasteiger partial charge in [0.15, 0.2) is 0 Å². The van der Waals surface area contributed by atoms with E-state index < -0.39 is 0 Å². The number of carbonyl (C=O) groups is 1. The Morgan fingerprint density at radius 3 is 2.75 bits per heavy atom. The topological polar surface area (TPSA) is 29.1 Å². The molecule has 0 unspecified atom stereocenters. The van der Waals surface area contributed by atoms with Crippen LogP contribution >= 0.6 is 11.6 Å². The van der Waals surface area contributed by atoms with Crippen molar-refractivity contribution < 1.29 is 4.79 Å². The van der Waals surface area contributed by atoms with Crippen LogP contribution in [-0.2, 0) is 11.3 Å². The fraction of sp³-hybridized carbons (Fsp3) is 0.462. The van der Waals surface area contributed by atoms with E-state index in [0.717, 1.165) is 24.8 Å². The summed E-state index contributed by atoms with van der Waals surface area (Å²) in [6.45, 7) is 2.65. The van der Waals surface area contributed by atoms with Gasteiger partial charge in [-0.15, -0.1) is 0 Å². The van der Waals surface area contributed by atoms with Gasteiger partial charge in [-0.2, -0.15) is 0 Å². The molecule has 0 heterocycles. The van der Waals surface area contributed by atoms with Crippen LogP contribution in [-0.4, -0.2) is 5.91 Å². The maximum Gasteiger partial charge on any atom is 0.220 e. The van der Waals surface area contributed by atoms with E-state index in [1.807, 2.05) is 24.3 Å². The Balaban J connectivity index is 2.29.